The summed E-state index contributed by atoms with van der Waals surface area (Å²) in [7, 11) is 0. The maximum atomic E-state index is 12.8. The molecule has 154 valence electrons. The number of rotatable bonds is 5. The van der Waals surface area contributed by atoms with Crippen LogP contribution in [-0.4, -0.2) is 34.6 Å². The quantitative estimate of drug-likeness (QED) is 0.747. The second-order valence-corrected chi connectivity index (χ2v) is 7.62. The summed E-state index contributed by atoms with van der Waals surface area (Å²) in [6, 6.07) is 14.0. The topological polar surface area (TPSA) is 95.6 Å². The van der Waals surface area contributed by atoms with Gasteiger partial charge in [0.25, 0.3) is 11.8 Å². The molecule has 7 nitrogen and oxygen atoms in total. The van der Waals surface area contributed by atoms with Gasteiger partial charge < -0.3 is 10.2 Å². The van der Waals surface area contributed by atoms with Crippen LogP contribution in [0.5, 0.6) is 0 Å². The zero-order chi connectivity index (χ0) is 21.3. The molecule has 1 fully saturated rings. The van der Waals surface area contributed by atoms with Gasteiger partial charge in [0.2, 0.25) is 11.8 Å². The van der Waals surface area contributed by atoms with Gasteiger partial charge in [0.05, 0.1) is 6.04 Å². The lowest BCUT2D eigenvalue weighted by Gasteiger charge is -2.29. The van der Waals surface area contributed by atoms with Gasteiger partial charge in [-0.1, -0.05) is 37.3 Å². The van der Waals surface area contributed by atoms with Gasteiger partial charge >= 0.3 is 0 Å². The third-order valence-electron chi connectivity index (χ3n) is 5.70. The number of fused-ring (bicyclic) bond motifs is 1. The highest BCUT2D eigenvalue weighted by atomic mass is 16.2. The van der Waals surface area contributed by atoms with Gasteiger partial charge in [-0.15, -0.1) is 0 Å². The van der Waals surface area contributed by atoms with Gasteiger partial charge in [-0.3, -0.25) is 24.5 Å². The number of hydrogen-bond acceptors (Lipinski definition) is 4. The molecule has 0 radical (unpaired) electrons. The maximum Gasteiger partial charge on any atom is 0.255 e. The van der Waals surface area contributed by atoms with Crippen molar-refractivity contribution in [1.82, 2.24) is 15.5 Å². The van der Waals surface area contributed by atoms with E-state index in [9.17, 15) is 19.2 Å². The van der Waals surface area contributed by atoms with E-state index < -0.39 is 11.9 Å². The Bertz CT molecular complexity index is 1020. The minimum absolute atomic E-state index is 0.103. The molecule has 0 spiro atoms. The fourth-order valence-corrected chi connectivity index (χ4v) is 4.06. The van der Waals surface area contributed by atoms with E-state index in [2.05, 4.69) is 10.6 Å². The van der Waals surface area contributed by atoms with Crippen LogP contribution in [0.25, 0.3) is 0 Å². The molecule has 0 bridgehead atoms. The monoisotopic (exact) mass is 405 g/mol. The van der Waals surface area contributed by atoms with Gasteiger partial charge in [0.1, 0.15) is 6.04 Å². The third-order valence-corrected chi connectivity index (χ3v) is 5.70. The van der Waals surface area contributed by atoms with Crippen molar-refractivity contribution in [3.05, 3.63) is 70.8 Å². The molecule has 1 saturated heterocycles. The summed E-state index contributed by atoms with van der Waals surface area (Å²) in [4.78, 5) is 50.6. The highest BCUT2D eigenvalue weighted by Crippen LogP contribution is 2.28. The summed E-state index contributed by atoms with van der Waals surface area (Å²) in [5.41, 5.74) is 2.71. The van der Waals surface area contributed by atoms with Crippen molar-refractivity contribution < 1.29 is 19.2 Å². The Kier molecular flexibility index (Phi) is 5.35. The zero-order valence-electron chi connectivity index (χ0n) is 16.7. The average Bonchev–Trinajstić information content (AvgIpc) is 3.08. The van der Waals surface area contributed by atoms with Crippen LogP contribution in [0.1, 0.15) is 64.1 Å². The first-order chi connectivity index (χ1) is 14.5. The maximum absolute atomic E-state index is 12.8. The van der Waals surface area contributed by atoms with Crippen molar-refractivity contribution in [2.75, 3.05) is 0 Å². The second kappa shape index (κ2) is 8.10. The summed E-state index contributed by atoms with van der Waals surface area (Å²) < 4.78 is 0. The standard InChI is InChI=1S/C23H23N3O4/c1-2-18(14-6-4-3-5-7-14)24-21(28)15-8-9-17-16(12-15)13-26(23(17)30)19-10-11-20(27)25-22(19)29/h3-9,12,18-19H,2,10-11,13H2,1H3,(H,24,28)(H,25,27,29)/t18-,19?/m0/s1. The molecule has 2 aliphatic heterocycles. The number of amides is 4. The van der Waals surface area contributed by atoms with Gasteiger partial charge in [-0.25, -0.2) is 0 Å². The minimum Gasteiger partial charge on any atom is -0.345 e. The Hall–Kier alpha value is -3.48. The third kappa shape index (κ3) is 3.70. The highest BCUT2D eigenvalue weighted by molar-refractivity contribution is 6.06. The lowest BCUT2D eigenvalue weighted by molar-refractivity contribution is -0.136. The van der Waals surface area contributed by atoms with Crippen molar-refractivity contribution >= 4 is 23.6 Å². The van der Waals surface area contributed by atoms with Crippen molar-refractivity contribution in [2.24, 2.45) is 0 Å². The van der Waals surface area contributed by atoms with E-state index in [1.807, 2.05) is 37.3 Å². The number of carbonyl (C=O) groups is 4. The van der Waals surface area contributed by atoms with E-state index in [0.29, 0.717) is 23.1 Å². The van der Waals surface area contributed by atoms with Gasteiger partial charge in [0, 0.05) is 24.1 Å². The highest BCUT2D eigenvalue weighted by Gasteiger charge is 2.39. The molecule has 1 unspecified atom stereocenters. The lowest BCUT2D eigenvalue weighted by atomic mass is 10.0. The number of nitrogens with one attached hydrogen (secondary N) is 2. The summed E-state index contributed by atoms with van der Waals surface area (Å²) in [5, 5.41) is 5.34. The van der Waals surface area contributed by atoms with E-state index in [-0.39, 0.29) is 36.7 Å². The summed E-state index contributed by atoms with van der Waals surface area (Å²) in [5.74, 6) is -1.22. The van der Waals surface area contributed by atoms with E-state index >= 15 is 0 Å². The molecule has 2 heterocycles. The van der Waals surface area contributed by atoms with E-state index in [1.54, 1.807) is 18.2 Å². The molecule has 2 atom stereocenters. The number of imide groups is 1. The van der Waals surface area contributed by atoms with Crippen LogP contribution in [0.15, 0.2) is 48.5 Å². The molecular formula is C23H23N3O4. The first-order valence-electron chi connectivity index (χ1n) is 10.1. The van der Waals surface area contributed by atoms with E-state index in [0.717, 1.165) is 12.0 Å². The smallest absolute Gasteiger partial charge is 0.255 e. The van der Waals surface area contributed by atoms with E-state index in [4.69, 9.17) is 0 Å². The molecule has 4 rings (SSSR count). The van der Waals surface area contributed by atoms with Crippen LogP contribution in [-0.2, 0) is 16.1 Å². The second-order valence-electron chi connectivity index (χ2n) is 7.62. The Labute approximate surface area is 174 Å². The van der Waals surface area contributed by atoms with Crippen LogP contribution in [0.3, 0.4) is 0 Å². The predicted molar refractivity (Wildman–Crippen MR) is 109 cm³/mol. The molecule has 2 aliphatic rings. The summed E-state index contributed by atoms with van der Waals surface area (Å²) in [6.07, 6.45) is 1.28. The van der Waals surface area contributed by atoms with Gasteiger partial charge in [-0.05, 0) is 42.2 Å². The average molecular weight is 405 g/mol. The number of benzene rings is 2. The molecule has 7 heteroatoms. The SMILES string of the molecule is CC[C@H](NC(=O)c1ccc2c(c1)CN(C1CCC(=O)NC1=O)C2=O)c1ccccc1. The number of piperidine rings is 1. The molecule has 2 N–H and O–H groups in total. The van der Waals surface area contributed by atoms with Crippen LogP contribution < -0.4 is 10.6 Å². The van der Waals surface area contributed by atoms with Gasteiger partial charge in [-0.2, -0.15) is 0 Å². The zero-order valence-corrected chi connectivity index (χ0v) is 16.7. The molecule has 4 amide bonds. The Balaban J connectivity index is 1.50. The normalized spacial score (nSPS) is 19.3. The largest absolute Gasteiger partial charge is 0.345 e. The molecule has 0 aromatic heterocycles. The molecule has 0 saturated carbocycles. The fraction of sp³-hybridized carbons (Fsp3) is 0.304. The van der Waals surface area contributed by atoms with Crippen molar-refractivity contribution in [1.29, 1.82) is 0 Å². The van der Waals surface area contributed by atoms with Crippen LogP contribution in [0.2, 0.25) is 0 Å². The lowest BCUT2D eigenvalue weighted by Crippen LogP contribution is -2.52. The molecule has 30 heavy (non-hydrogen) atoms. The fourth-order valence-electron chi connectivity index (χ4n) is 4.06. The van der Waals surface area contributed by atoms with E-state index in [1.165, 1.54) is 4.90 Å². The minimum atomic E-state index is -0.664. The number of nitrogens with zero attached hydrogens (tertiary/aromatic N) is 1. The number of carbonyl (C=O) groups excluding carboxylic acids is 4. The van der Waals surface area contributed by atoms with Crippen molar-refractivity contribution in [3.63, 3.8) is 0 Å². The van der Waals surface area contributed by atoms with Crippen LogP contribution in [0.4, 0.5) is 0 Å². The Morgan fingerprint density at radius 1 is 1.17 bits per heavy atom. The van der Waals surface area contributed by atoms with Crippen molar-refractivity contribution in [3.8, 4) is 0 Å². The van der Waals surface area contributed by atoms with Gasteiger partial charge in [0.15, 0.2) is 0 Å². The number of hydrogen-bond donors (Lipinski definition) is 2. The summed E-state index contributed by atoms with van der Waals surface area (Å²) >= 11 is 0. The Morgan fingerprint density at radius 3 is 2.63 bits per heavy atom. The molecule has 2 aromatic rings. The first kappa shape index (κ1) is 19.8. The molecule has 0 aliphatic carbocycles. The van der Waals surface area contributed by atoms with Crippen LogP contribution >= 0.6 is 0 Å². The Morgan fingerprint density at radius 2 is 1.93 bits per heavy atom. The predicted octanol–water partition coefficient (Wildman–Crippen LogP) is 2.33. The van der Waals surface area contributed by atoms with Crippen molar-refractivity contribution in [2.45, 2.75) is 44.8 Å². The summed E-state index contributed by atoms with van der Waals surface area (Å²) in [6.45, 7) is 2.26. The van der Waals surface area contributed by atoms with Crippen LogP contribution in [0, 0.1) is 0 Å². The molecule has 2 aromatic carbocycles. The molecular weight excluding hydrogens is 382 g/mol. The first-order valence-corrected chi connectivity index (χ1v) is 10.1.